The summed E-state index contributed by atoms with van der Waals surface area (Å²) in [6.07, 6.45) is 5.90. The van der Waals surface area contributed by atoms with Gasteiger partial charge in [-0.25, -0.2) is 4.98 Å². The fraction of sp³-hybridized carbons (Fsp3) is 0.600. The van der Waals surface area contributed by atoms with Gasteiger partial charge in [0.15, 0.2) is 0 Å². The lowest BCUT2D eigenvalue weighted by Gasteiger charge is -2.37. The number of aryl methyl sites for hydroxylation is 1. The van der Waals surface area contributed by atoms with Crippen LogP contribution in [0, 0.1) is 5.92 Å². The summed E-state index contributed by atoms with van der Waals surface area (Å²) >= 11 is 0. The van der Waals surface area contributed by atoms with Gasteiger partial charge in [0.2, 0.25) is 5.91 Å². The van der Waals surface area contributed by atoms with E-state index in [0.29, 0.717) is 5.91 Å². The van der Waals surface area contributed by atoms with Gasteiger partial charge in [-0.1, -0.05) is 19.3 Å². The molecule has 2 N–H and O–H groups in total. The van der Waals surface area contributed by atoms with Crippen molar-refractivity contribution in [1.82, 2.24) is 19.4 Å². The number of fused-ring (bicyclic) bond motifs is 1. The molecule has 0 radical (unpaired) electrons. The molecule has 2 aliphatic rings. The standard InChI is InChI=1S/C20H29N5O/c1-23-18-8-7-16(21)13-17(18)22-19(23)14-24-9-11-25(12-10-24)20(26)15-5-3-2-4-6-15/h7-8,13,15H,2-6,9-12,14,21H2,1H3. The van der Waals surface area contributed by atoms with Crippen molar-refractivity contribution in [2.24, 2.45) is 13.0 Å². The first-order valence-electron chi connectivity index (χ1n) is 9.84. The van der Waals surface area contributed by atoms with Crippen LogP contribution >= 0.6 is 0 Å². The number of piperazine rings is 1. The predicted molar refractivity (Wildman–Crippen MR) is 104 cm³/mol. The molecule has 0 atom stereocenters. The number of carbonyl (C=O) groups excluding carboxylic acids is 1. The molecular formula is C20H29N5O. The van der Waals surface area contributed by atoms with Crippen molar-refractivity contribution < 1.29 is 4.79 Å². The maximum absolute atomic E-state index is 12.7. The molecule has 26 heavy (non-hydrogen) atoms. The minimum Gasteiger partial charge on any atom is -0.399 e. The monoisotopic (exact) mass is 355 g/mol. The van der Waals surface area contributed by atoms with Gasteiger partial charge in [-0.2, -0.15) is 0 Å². The van der Waals surface area contributed by atoms with E-state index in [1.807, 2.05) is 18.2 Å². The normalized spacial score (nSPS) is 20.0. The highest BCUT2D eigenvalue weighted by molar-refractivity contribution is 5.80. The molecule has 0 bridgehead atoms. The van der Waals surface area contributed by atoms with Gasteiger partial charge < -0.3 is 15.2 Å². The first kappa shape index (κ1) is 17.3. The molecule has 1 aliphatic carbocycles. The number of rotatable bonds is 3. The van der Waals surface area contributed by atoms with Crippen LogP contribution in [0.5, 0.6) is 0 Å². The van der Waals surface area contributed by atoms with E-state index in [4.69, 9.17) is 10.7 Å². The number of aromatic nitrogens is 2. The third-order valence-electron chi connectivity index (χ3n) is 6.00. The largest absolute Gasteiger partial charge is 0.399 e. The Labute approximate surface area is 155 Å². The summed E-state index contributed by atoms with van der Waals surface area (Å²) in [5, 5.41) is 0. The van der Waals surface area contributed by atoms with Crippen LogP contribution in [0.25, 0.3) is 11.0 Å². The number of nitrogens with zero attached hydrogens (tertiary/aromatic N) is 4. The Morgan fingerprint density at radius 1 is 1.15 bits per heavy atom. The average molecular weight is 355 g/mol. The Bertz CT molecular complexity index is 785. The first-order valence-corrected chi connectivity index (χ1v) is 9.84. The zero-order chi connectivity index (χ0) is 18.1. The molecule has 0 spiro atoms. The van der Waals surface area contributed by atoms with E-state index in [-0.39, 0.29) is 5.92 Å². The highest BCUT2D eigenvalue weighted by atomic mass is 16.2. The molecule has 4 rings (SSSR count). The molecule has 1 amide bonds. The molecule has 1 saturated carbocycles. The zero-order valence-electron chi connectivity index (χ0n) is 15.7. The quantitative estimate of drug-likeness (QED) is 0.859. The molecule has 140 valence electrons. The van der Waals surface area contributed by atoms with Gasteiger partial charge in [-0.15, -0.1) is 0 Å². The number of anilines is 1. The van der Waals surface area contributed by atoms with Crippen molar-refractivity contribution in [2.75, 3.05) is 31.9 Å². The van der Waals surface area contributed by atoms with Crippen LogP contribution in [0.3, 0.4) is 0 Å². The summed E-state index contributed by atoms with van der Waals surface area (Å²) in [5.74, 6) is 1.72. The topological polar surface area (TPSA) is 67.4 Å². The van der Waals surface area contributed by atoms with Crippen LogP contribution in [0.2, 0.25) is 0 Å². The summed E-state index contributed by atoms with van der Waals surface area (Å²) in [6.45, 7) is 4.34. The lowest BCUT2D eigenvalue weighted by Crippen LogP contribution is -2.50. The molecule has 6 heteroatoms. The third kappa shape index (κ3) is 3.43. The maximum atomic E-state index is 12.7. The van der Waals surface area contributed by atoms with Gasteiger partial charge in [-0.05, 0) is 31.0 Å². The minimum atomic E-state index is 0.278. The van der Waals surface area contributed by atoms with E-state index in [2.05, 4.69) is 21.4 Å². The number of imidazole rings is 1. The summed E-state index contributed by atoms with van der Waals surface area (Å²) in [4.78, 5) is 21.9. The van der Waals surface area contributed by atoms with Crippen molar-refractivity contribution in [2.45, 2.75) is 38.6 Å². The van der Waals surface area contributed by atoms with Crippen molar-refractivity contribution in [3.8, 4) is 0 Å². The summed E-state index contributed by atoms with van der Waals surface area (Å²) in [5.41, 5.74) is 8.69. The van der Waals surface area contributed by atoms with Gasteiger partial charge in [0.25, 0.3) is 0 Å². The fourth-order valence-electron chi connectivity index (χ4n) is 4.34. The number of hydrogen-bond acceptors (Lipinski definition) is 4. The number of nitrogen functional groups attached to an aromatic ring is 1. The number of amides is 1. The van der Waals surface area contributed by atoms with Crippen LogP contribution in [-0.2, 0) is 18.4 Å². The van der Waals surface area contributed by atoms with Crippen molar-refractivity contribution in [3.63, 3.8) is 0 Å². The summed E-state index contributed by atoms with van der Waals surface area (Å²) in [7, 11) is 2.06. The lowest BCUT2D eigenvalue weighted by molar-refractivity contribution is -0.138. The van der Waals surface area contributed by atoms with Gasteiger partial charge in [0, 0.05) is 44.8 Å². The van der Waals surface area contributed by atoms with E-state index in [9.17, 15) is 4.79 Å². The second-order valence-electron chi connectivity index (χ2n) is 7.77. The first-order chi connectivity index (χ1) is 12.6. The average Bonchev–Trinajstić information content (AvgIpc) is 2.97. The summed E-state index contributed by atoms with van der Waals surface area (Å²) in [6, 6.07) is 5.88. The van der Waals surface area contributed by atoms with Crippen LogP contribution in [0.15, 0.2) is 18.2 Å². The number of benzene rings is 1. The van der Waals surface area contributed by atoms with E-state index in [1.165, 1.54) is 19.3 Å². The Hall–Kier alpha value is -2.08. The minimum absolute atomic E-state index is 0.278. The van der Waals surface area contributed by atoms with Gasteiger partial charge in [0.05, 0.1) is 17.6 Å². The second kappa shape index (κ2) is 7.27. The molecule has 2 fully saturated rings. The van der Waals surface area contributed by atoms with Crippen LogP contribution in [0.1, 0.15) is 37.9 Å². The van der Waals surface area contributed by atoms with E-state index < -0.39 is 0 Å². The van der Waals surface area contributed by atoms with Crippen LogP contribution < -0.4 is 5.73 Å². The van der Waals surface area contributed by atoms with E-state index in [0.717, 1.165) is 68.1 Å². The van der Waals surface area contributed by atoms with Crippen molar-refractivity contribution >= 4 is 22.6 Å². The molecule has 2 aromatic rings. The highest BCUT2D eigenvalue weighted by Gasteiger charge is 2.28. The van der Waals surface area contributed by atoms with Gasteiger partial charge in [0.1, 0.15) is 5.82 Å². The predicted octanol–water partition coefficient (Wildman–Crippen LogP) is 2.38. The molecule has 1 aromatic carbocycles. The van der Waals surface area contributed by atoms with Crippen LogP contribution in [0.4, 0.5) is 5.69 Å². The smallest absolute Gasteiger partial charge is 0.225 e. The SMILES string of the molecule is Cn1c(CN2CCN(C(=O)C3CCCCC3)CC2)nc2cc(N)ccc21. The fourth-order valence-corrected chi connectivity index (χ4v) is 4.34. The molecule has 6 nitrogen and oxygen atoms in total. The van der Waals surface area contributed by atoms with Gasteiger partial charge >= 0.3 is 0 Å². The third-order valence-corrected chi connectivity index (χ3v) is 6.00. The van der Waals surface area contributed by atoms with E-state index >= 15 is 0 Å². The Morgan fingerprint density at radius 3 is 2.62 bits per heavy atom. The Morgan fingerprint density at radius 2 is 1.88 bits per heavy atom. The summed E-state index contributed by atoms with van der Waals surface area (Å²) < 4.78 is 2.15. The maximum Gasteiger partial charge on any atom is 0.225 e. The number of carbonyl (C=O) groups is 1. The van der Waals surface area contributed by atoms with E-state index in [1.54, 1.807) is 0 Å². The van der Waals surface area contributed by atoms with Crippen LogP contribution in [-0.4, -0.2) is 51.4 Å². The number of hydrogen-bond donors (Lipinski definition) is 1. The molecular weight excluding hydrogens is 326 g/mol. The Kier molecular flexibility index (Phi) is 4.85. The molecule has 2 heterocycles. The molecule has 1 saturated heterocycles. The number of nitrogens with two attached hydrogens (primary N) is 1. The molecule has 1 aromatic heterocycles. The second-order valence-corrected chi connectivity index (χ2v) is 7.77. The highest BCUT2D eigenvalue weighted by Crippen LogP contribution is 2.26. The van der Waals surface area contributed by atoms with Crippen molar-refractivity contribution in [1.29, 1.82) is 0 Å². The van der Waals surface area contributed by atoms with Crippen molar-refractivity contribution in [3.05, 3.63) is 24.0 Å². The molecule has 0 unspecified atom stereocenters. The zero-order valence-corrected chi connectivity index (χ0v) is 15.7. The molecule has 1 aliphatic heterocycles. The lowest BCUT2D eigenvalue weighted by atomic mass is 9.88. The Balaban J connectivity index is 1.36. The van der Waals surface area contributed by atoms with Gasteiger partial charge in [-0.3, -0.25) is 9.69 Å².